The number of aryl methyl sites for hydroxylation is 1. The van der Waals surface area contributed by atoms with Gasteiger partial charge in [0.25, 0.3) is 5.91 Å². The van der Waals surface area contributed by atoms with Gasteiger partial charge in [-0.2, -0.15) is 0 Å². The Morgan fingerprint density at radius 1 is 1.30 bits per heavy atom. The minimum atomic E-state index is 0.0187. The van der Waals surface area contributed by atoms with Gasteiger partial charge < -0.3 is 10.2 Å². The van der Waals surface area contributed by atoms with E-state index in [1.54, 1.807) is 0 Å². The molecule has 1 aromatic carbocycles. The van der Waals surface area contributed by atoms with Crippen molar-refractivity contribution in [1.29, 1.82) is 0 Å². The van der Waals surface area contributed by atoms with Crippen LogP contribution < -0.4 is 5.32 Å². The Kier molecular flexibility index (Phi) is 5.41. The fourth-order valence-electron chi connectivity index (χ4n) is 3.95. The van der Waals surface area contributed by atoms with Gasteiger partial charge in [0, 0.05) is 23.9 Å². The van der Waals surface area contributed by atoms with Crippen molar-refractivity contribution in [3.05, 3.63) is 40.8 Å². The van der Waals surface area contributed by atoms with E-state index in [1.165, 1.54) is 42.8 Å². The van der Waals surface area contributed by atoms with Gasteiger partial charge in [-0.15, -0.1) is 11.3 Å². The molecular weight excluding hydrogens is 354 g/mol. The van der Waals surface area contributed by atoms with Crippen molar-refractivity contribution in [1.82, 2.24) is 15.2 Å². The smallest absolute Gasteiger partial charge is 0.261 e. The van der Waals surface area contributed by atoms with Crippen LogP contribution in [-0.2, 0) is 0 Å². The Bertz CT molecular complexity index is 965. The van der Waals surface area contributed by atoms with Crippen molar-refractivity contribution in [3.8, 4) is 0 Å². The molecule has 0 bridgehead atoms. The van der Waals surface area contributed by atoms with Crippen LogP contribution >= 0.6 is 11.3 Å². The molecule has 142 valence electrons. The molecule has 1 saturated heterocycles. The first-order valence-electron chi connectivity index (χ1n) is 9.90. The number of fused-ring (bicyclic) bond motifs is 2. The number of carbonyl (C=O) groups is 1. The van der Waals surface area contributed by atoms with E-state index in [2.05, 4.69) is 42.3 Å². The summed E-state index contributed by atoms with van der Waals surface area (Å²) in [7, 11) is 0. The molecule has 3 heterocycles. The zero-order chi connectivity index (χ0) is 18.8. The van der Waals surface area contributed by atoms with Crippen molar-refractivity contribution in [2.75, 3.05) is 26.2 Å². The normalized spacial score (nSPS) is 18.2. The fraction of sp³-hybridized carbons (Fsp3) is 0.455. The fourth-order valence-corrected chi connectivity index (χ4v) is 4.89. The number of nitrogens with one attached hydrogen (secondary N) is 1. The first-order chi connectivity index (χ1) is 13.1. The van der Waals surface area contributed by atoms with Gasteiger partial charge in [-0.1, -0.05) is 18.6 Å². The molecule has 5 heteroatoms. The summed E-state index contributed by atoms with van der Waals surface area (Å²) in [5.74, 6) is 0.823. The van der Waals surface area contributed by atoms with E-state index < -0.39 is 0 Å². The summed E-state index contributed by atoms with van der Waals surface area (Å²) in [5, 5.41) is 5.25. The molecule has 1 amide bonds. The maximum absolute atomic E-state index is 12.5. The van der Waals surface area contributed by atoms with Gasteiger partial charge in [0.15, 0.2) is 0 Å². The monoisotopic (exact) mass is 381 g/mol. The van der Waals surface area contributed by atoms with E-state index in [0.717, 1.165) is 51.4 Å². The molecule has 1 aliphatic rings. The standard InChI is InChI=1S/C22H27N3OS/c1-15-6-7-19-17(11-15)12-18-13-20(27-22(18)24-19)21(26)23-8-4-10-25-9-3-5-16(2)14-25/h6-7,11-13,16H,3-5,8-10,14H2,1-2H3,(H,23,26). The molecule has 1 aliphatic heterocycles. The first kappa shape index (κ1) is 18.4. The highest BCUT2D eigenvalue weighted by atomic mass is 32.1. The number of aromatic nitrogens is 1. The Morgan fingerprint density at radius 2 is 2.19 bits per heavy atom. The van der Waals surface area contributed by atoms with Gasteiger partial charge >= 0.3 is 0 Å². The molecule has 1 fully saturated rings. The summed E-state index contributed by atoms with van der Waals surface area (Å²) in [6.07, 6.45) is 3.66. The number of piperidine rings is 1. The van der Waals surface area contributed by atoms with E-state index in [9.17, 15) is 4.79 Å². The highest BCUT2D eigenvalue weighted by Crippen LogP contribution is 2.27. The number of hydrogen-bond acceptors (Lipinski definition) is 4. The number of rotatable bonds is 5. The van der Waals surface area contributed by atoms with Crippen LogP contribution in [0.5, 0.6) is 0 Å². The van der Waals surface area contributed by atoms with Crippen molar-refractivity contribution in [2.24, 2.45) is 5.92 Å². The van der Waals surface area contributed by atoms with Gasteiger partial charge in [-0.25, -0.2) is 4.98 Å². The summed E-state index contributed by atoms with van der Waals surface area (Å²) < 4.78 is 0. The molecule has 0 spiro atoms. The third-order valence-corrected chi connectivity index (χ3v) is 6.40. The number of hydrogen-bond donors (Lipinski definition) is 1. The zero-order valence-corrected chi connectivity index (χ0v) is 16.9. The number of pyridine rings is 1. The molecule has 3 aromatic rings. The second kappa shape index (κ2) is 7.95. The molecule has 1 atom stereocenters. The van der Waals surface area contributed by atoms with Crippen LogP contribution in [-0.4, -0.2) is 42.0 Å². The number of likely N-dealkylation sites (tertiary alicyclic amines) is 1. The molecule has 0 saturated carbocycles. The van der Waals surface area contributed by atoms with Crippen LogP contribution in [0.25, 0.3) is 21.1 Å². The SMILES string of the molecule is Cc1ccc2nc3sc(C(=O)NCCCN4CCCC(C)C4)cc3cc2c1. The first-order valence-corrected chi connectivity index (χ1v) is 10.7. The van der Waals surface area contributed by atoms with Crippen molar-refractivity contribution in [2.45, 2.75) is 33.1 Å². The lowest BCUT2D eigenvalue weighted by Gasteiger charge is -2.30. The average molecular weight is 382 g/mol. The Hall–Kier alpha value is -1.98. The summed E-state index contributed by atoms with van der Waals surface area (Å²) in [6.45, 7) is 8.61. The maximum atomic E-state index is 12.5. The molecule has 1 N–H and O–H groups in total. The van der Waals surface area contributed by atoms with Gasteiger partial charge in [-0.3, -0.25) is 4.79 Å². The van der Waals surface area contributed by atoms with Crippen LogP contribution in [0.15, 0.2) is 30.3 Å². The molecule has 4 rings (SSSR count). The van der Waals surface area contributed by atoms with Crippen LogP contribution in [0.2, 0.25) is 0 Å². The summed E-state index contributed by atoms with van der Waals surface area (Å²) >= 11 is 1.48. The van der Waals surface area contributed by atoms with Gasteiger partial charge in [0.1, 0.15) is 4.83 Å². The second-order valence-electron chi connectivity index (χ2n) is 7.85. The zero-order valence-electron chi connectivity index (χ0n) is 16.1. The van der Waals surface area contributed by atoms with Crippen molar-refractivity contribution < 1.29 is 4.79 Å². The lowest BCUT2D eigenvalue weighted by atomic mass is 10.0. The van der Waals surface area contributed by atoms with E-state index in [4.69, 9.17) is 4.98 Å². The summed E-state index contributed by atoms with van der Waals surface area (Å²) in [6, 6.07) is 10.4. The van der Waals surface area contributed by atoms with E-state index in [-0.39, 0.29) is 5.91 Å². The molecular formula is C22H27N3OS. The number of benzene rings is 1. The number of amides is 1. The average Bonchev–Trinajstić information content (AvgIpc) is 3.06. The Morgan fingerprint density at radius 3 is 3.04 bits per heavy atom. The molecule has 27 heavy (non-hydrogen) atoms. The minimum absolute atomic E-state index is 0.0187. The summed E-state index contributed by atoms with van der Waals surface area (Å²) in [4.78, 5) is 21.4. The molecule has 0 aliphatic carbocycles. The number of nitrogens with zero attached hydrogens (tertiary/aromatic N) is 2. The lowest BCUT2D eigenvalue weighted by molar-refractivity contribution is 0.0954. The van der Waals surface area contributed by atoms with Crippen LogP contribution in [0.1, 0.15) is 41.4 Å². The quantitative estimate of drug-likeness (QED) is 0.657. The largest absolute Gasteiger partial charge is 0.351 e. The number of thiophene rings is 1. The minimum Gasteiger partial charge on any atom is -0.351 e. The lowest BCUT2D eigenvalue weighted by Crippen LogP contribution is -2.36. The summed E-state index contributed by atoms with van der Waals surface area (Å²) in [5.41, 5.74) is 2.21. The number of carbonyl (C=O) groups excluding carboxylic acids is 1. The highest BCUT2D eigenvalue weighted by Gasteiger charge is 2.16. The maximum Gasteiger partial charge on any atom is 0.261 e. The van der Waals surface area contributed by atoms with Gasteiger partial charge in [0.2, 0.25) is 0 Å². The van der Waals surface area contributed by atoms with Crippen LogP contribution in [0.3, 0.4) is 0 Å². The van der Waals surface area contributed by atoms with E-state index in [1.807, 2.05) is 12.1 Å². The third-order valence-electron chi connectivity index (χ3n) is 5.36. The predicted molar refractivity (Wildman–Crippen MR) is 114 cm³/mol. The van der Waals surface area contributed by atoms with Crippen molar-refractivity contribution in [3.63, 3.8) is 0 Å². The highest BCUT2D eigenvalue weighted by molar-refractivity contribution is 7.20. The molecule has 4 nitrogen and oxygen atoms in total. The van der Waals surface area contributed by atoms with Gasteiger partial charge in [-0.05, 0) is 69.5 Å². The van der Waals surface area contributed by atoms with Crippen LogP contribution in [0.4, 0.5) is 0 Å². The Balaban J connectivity index is 1.37. The van der Waals surface area contributed by atoms with E-state index in [0.29, 0.717) is 0 Å². The topological polar surface area (TPSA) is 45.2 Å². The predicted octanol–water partition coefficient (Wildman–Crippen LogP) is 4.61. The Labute approximate surface area is 164 Å². The molecule has 2 aromatic heterocycles. The molecule has 0 radical (unpaired) electrons. The third kappa shape index (κ3) is 4.30. The molecule has 1 unspecified atom stereocenters. The van der Waals surface area contributed by atoms with Crippen LogP contribution in [0, 0.1) is 12.8 Å². The van der Waals surface area contributed by atoms with Crippen molar-refractivity contribution >= 4 is 38.4 Å². The van der Waals surface area contributed by atoms with E-state index >= 15 is 0 Å². The van der Waals surface area contributed by atoms with Gasteiger partial charge in [0.05, 0.1) is 10.4 Å². The second-order valence-corrected chi connectivity index (χ2v) is 8.88.